The molecule has 1 aromatic heterocycles. The highest BCUT2D eigenvalue weighted by atomic mass is 19.4. The minimum Gasteiger partial charge on any atom is -0.312 e. The summed E-state index contributed by atoms with van der Waals surface area (Å²) < 4.78 is 36.0. The van der Waals surface area contributed by atoms with Crippen molar-refractivity contribution >= 4 is 0 Å². The zero-order valence-electron chi connectivity index (χ0n) is 10.6. The Kier molecular flexibility index (Phi) is 5.53. The van der Waals surface area contributed by atoms with E-state index in [4.69, 9.17) is 0 Å². The molecule has 0 bridgehead atoms. The SMILES string of the molecule is CC(C)CNCc1cnc(CCC(F)(F)F)nc1. The van der Waals surface area contributed by atoms with E-state index in [0.717, 1.165) is 12.1 Å². The van der Waals surface area contributed by atoms with E-state index >= 15 is 0 Å². The molecule has 0 aliphatic rings. The van der Waals surface area contributed by atoms with E-state index in [1.807, 2.05) is 0 Å². The molecule has 0 saturated heterocycles. The van der Waals surface area contributed by atoms with Gasteiger partial charge in [-0.25, -0.2) is 9.97 Å². The van der Waals surface area contributed by atoms with E-state index in [9.17, 15) is 13.2 Å². The van der Waals surface area contributed by atoms with Crippen molar-refractivity contribution in [3.8, 4) is 0 Å². The maximum atomic E-state index is 12.0. The molecule has 0 unspecified atom stereocenters. The summed E-state index contributed by atoms with van der Waals surface area (Å²) >= 11 is 0. The van der Waals surface area contributed by atoms with E-state index in [2.05, 4.69) is 29.1 Å². The first-order valence-electron chi connectivity index (χ1n) is 5.94. The average Bonchev–Trinajstić information content (AvgIpc) is 2.26. The van der Waals surface area contributed by atoms with Crippen molar-refractivity contribution in [1.29, 1.82) is 0 Å². The summed E-state index contributed by atoms with van der Waals surface area (Å²) in [6.45, 7) is 5.72. The van der Waals surface area contributed by atoms with Crippen molar-refractivity contribution < 1.29 is 13.2 Å². The van der Waals surface area contributed by atoms with E-state index in [0.29, 0.717) is 12.5 Å². The third-order valence-corrected chi connectivity index (χ3v) is 2.27. The van der Waals surface area contributed by atoms with Gasteiger partial charge in [0.1, 0.15) is 5.82 Å². The maximum absolute atomic E-state index is 12.0. The Hall–Kier alpha value is -1.17. The van der Waals surface area contributed by atoms with Crippen LogP contribution >= 0.6 is 0 Å². The second-order valence-electron chi connectivity index (χ2n) is 4.65. The van der Waals surface area contributed by atoms with Gasteiger partial charge in [0, 0.05) is 30.9 Å². The van der Waals surface area contributed by atoms with E-state index in [-0.39, 0.29) is 12.2 Å². The summed E-state index contributed by atoms with van der Waals surface area (Å²) in [4.78, 5) is 7.86. The molecule has 18 heavy (non-hydrogen) atoms. The van der Waals surface area contributed by atoms with Gasteiger partial charge in [-0.1, -0.05) is 13.8 Å². The predicted octanol–water partition coefficient (Wildman–Crippen LogP) is 2.72. The lowest BCUT2D eigenvalue weighted by atomic mass is 10.2. The first-order chi connectivity index (χ1) is 8.37. The van der Waals surface area contributed by atoms with E-state index in [1.54, 1.807) is 12.4 Å². The molecule has 0 saturated carbocycles. The number of nitrogens with zero attached hydrogens (tertiary/aromatic N) is 2. The summed E-state index contributed by atoms with van der Waals surface area (Å²) in [5.41, 5.74) is 0.881. The second-order valence-corrected chi connectivity index (χ2v) is 4.65. The van der Waals surface area contributed by atoms with Crippen LogP contribution in [0.25, 0.3) is 0 Å². The first kappa shape index (κ1) is 14.9. The first-order valence-corrected chi connectivity index (χ1v) is 5.94. The van der Waals surface area contributed by atoms with Gasteiger partial charge in [-0.2, -0.15) is 13.2 Å². The molecule has 1 N–H and O–H groups in total. The Balaban J connectivity index is 2.38. The van der Waals surface area contributed by atoms with Crippen LogP contribution in [0.2, 0.25) is 0 Å². The Morgan fingerprint density at radius 2 is 1.83 bits per heavy atom. The van der Waals surface area contributed by atoms with Gasteiger partial charge < -0.3 is 5.32 Å². The molecule has 0 spiro atoms. The highest BCUT2D eigenvalue weighted by Gasteiger charge is 2.26. The molecular formula is C12H18F3N3. The monoisotopic (exact) mass is 261 g/mol. The van der Waals surface area contributed by atoms with Gasteiger partial charge >= 0.3 is 6.18 Å². The molecule has 0 aromatic carbocycles. The fourth-order valence-corrected chi connectivity index (χ4v) is 1.36. The highest BCUT2D eigenvalue weighted by Crippen LogP contribution is 2.20. The zero-order valence-corrected chi connectivity index (χ0v) is 10.6. The Bertz CT molecular complexity index is 347. The van der Waals surface area contributed by atoms with Crippen molar-refractivity contribution in [2.75, 3.05) is 6.54 Å². The molecule has 102 valence electrons. The maximum Gasteiger partial charge on any atom is 0.389 e. The van der Waals surface area contributed by atoms with Crippen LogP contribution in [0.4, 0.5) is 13.2 Å². The van der Waals surface area contributed by atoms with Crippen molar-refractivity contribution in [3.05, 3.63) is 23.8 Å². The quantitative estimate of drug-likeness (QED) is 0.855. The minimum atomic E-state index is -4.15. The predicted molar refractivity (Wildman–Crippen MR) is 63.0 cm³/mol. The van der Waals surface area contributed by atoms with Gasteiger partial charge in [-0.05, 0) is 12.5 Å². The lowest BCUT2D eigenvalue weighted by Crippen LogP contribution is -2.19. The molecule has 1 aromatic rings. The van der Waals surface area contributed by atoms with Gasteiger partial charge in [0.05, 0.1) is 6.42 Å². The van der Waals surface area contributed by atoms with Crippen LogP contribution in [0, 0.1) is 5.92 Å². The molecule has 3 nitrogen and oxygen atoms in total. The minimum absolute atomic E-state index is 0.163. The van der Waals surface area contributed by atoms with Gasteiger partial charge in [-0.3, -0.25) is 0 Å². The molecule has 0 radical (unpaired) electrons. The standard InChI is InChI=1S/C12H18F3N3/c1-9(2)5-16-6-10-7-17-11(18-8-10)3-4-12(13,14)15/h7-9,16H,3-6H2,1-2H3. The summed E-state index contributed by atoms with van der Waals surface area (Å²) in [6.07, 6.45) is -2.04. The molecule has 1 rings (SSSR count). The van der Waals surface area contributed by atoms with E-state index < -0.39 is 12.6 Å². The topological polar surface area (TPSA) is 37.8 Å². The van der Waals surface area contributed by atoms with Crippen LogP contribution in [0.1, 0.15) is 31.7 Å². The fourth-order valence-electron chi connectivity index (χ4n) is 1.36. The Labute approximate surface area is 105 Å². The molecule has 0 aliphatic carbocycles. The summed E-state index contributed by atoms with van der Waals surface area (Å²) in [5, 5.41) is 3.22. The number of rotatable bonds is 6. The zero-order chi connectivity index (χ0) is 13.6. The summed E-state index contributed by atoms with van der Waals surface area (Å²) in [5.74, 6) is 0.789. The van der Waals surface area contributed by atoms with Crippen LogP contribution in [0.3, 0.4) is 0 Å². The molecule has 0 fully saturated rings. The number of alkyl halides is 3. The van der Waals surface area contributed by atoms with E-state index in [1.165, 1.54) is 0 Å². The summed E-state index contributed by atoms with van der Waals surface area (Å²) in [6, 6.07) is 0. The fraction of sp³-hybridized carbons (Fsp3) is 0.667. The second kappa shape index (κ2) is 6.68. The molecule has 0 aliphatic heterocycles. The van der Waals surface area contributed by atoms with Crippen LogP contribution < -0.4 is 5.32 Å². The molecule has 1 heterocycles. The van der Waals surface area contributed by atoms with Crippen LogP contribution in [0.15, 0.2) is 12.4 Å². The largest absolute Gasteiger partial charge is 0.389 e. The number of aromatic nitrogens is 2. The Morgan fingerprint density at radius 1 is 1.22 bits per heavy atom. The van der Waals surface area contributed by atoms with Crippen molar-refractivity contribution in [1.82, 2.24) is 15.3 Å². The normalized spacial score (nSPS) is 12.1. The smallest absolute Gasteiger partial charge is 0.312 e. The lowest BCUT2D eigenvalue weighted by molar-refractivity contribution is -0.134. The number of aryl methyl sites for hydroxylation is 1. The van der Waals surface area contributed by atoms with Crippen LogP contribution in [-0.4, -0.2) is 22.7 Å². The summed E-state index contributed by atoms with van der Waals surface area (Å²) in [7, 11) is 0. The van der Waals surface area contributed by atoms with Crippen molar-refractivity contribution in [3.63, 3.8) is 0 Å². The number of halogens is 3. The van der Waals surface area contributed by atoms with Crippen LogP contribution in [-0.2, 0) is 13.0 Å². The third kappa shape index (κ3) is 6.54. The van der Waals surface area contributed by atoms with Crippen molar-refractivity contribution in [2.45, 2.75) is 39.4 Å². The number of nitrogens with one attached hydrogen (secondary N) is 1. The lowest BCUT2D eigenvalue weighted by Gasteiger charge is -2.08. The van der Waals surface area contributed by atoms with Crippen molar-refractivity contribution in [2.24, 2.45) is 5.92 Å². The molecule has 0 atom stereocenters. The van der Waals surface area contributed by atoms with Crippen LogP contribution in [0.5, 0.6) is 0 Å². The average molecular weight is 261 g/mol. The van der Waals surface area contributed by atoms with Gasteiger partial charge in [0.15, 0.2) is 0 Å². The number of hydrogen-bond donors (Lipinski definition) is 1. The van der Waals surface area contributed by atoms with Gasteiger partial charge in [0.25, 0.3) is 0 Å². The third-order valence-electron chi connectivity index (χ3n) is 2.27. The van der Waals surface area contributed by atoms with Gasteiger partial charge in [0.2, 0.25) is 0 Å². The molecular weight excluding hydrogens is 243 g/mol. The Morgan fingerprint density at radius 3 is 2.33 bits per heavy atom. The molecule has 6 heteroatoms. The number of hydrogen-bond acceptors (Lipinski definition) is 3. The highest BCUT2D eigenvalue weighted by molar-refractivity contribution is 5.05. The van der Waals surface area contributed by atoms with Gasteiger partial charge in [-0.15, -0.1) is 0 Å². The molecule has 0 amide bonds.